The molecule has 0 bridgehead atoms. The van der Waals surface area contributed by atoms with Gasteiger partial charge in [0, 0.05) is 12.2 Å². The van der Waals surface area contributed by atoms with Gasteiger partial charge in [-0.25, -0.2) is 18.2 Å². The minimum Gasteiger partial charge on any atom is -0.452 e. The monoisotopic (exact) mass is 380 g/mol. The Hall–Kier alpha value is -1.75. The number of ether oxygens (including phenoxy) is 1. The summed E-state index contributed by atoms with van der Waals surface area (Å²) in [4.78, 5) is 27.3. The molecule has 24 heavy (non-hydrogen) atoms. The van der Waals surface area contributed by atoms with Crippen molar-refractivity contribution in [2.45, 2.75) is 23.2 Å². The number of nitrogens with zero attached hydrogens (tertiary/aromatic N) is 1. The van der Waals surface area contributed by atoms with Gasteiger partial charge in [0.05, 0.1) is 17.1 Å². The zero-order chi connectivity index (χ0) is 17.7. The van der Waals surface area contributed by atoms with Crippen molar-refractivity contribution in [2.24, 2.45) is 0 Å². The lowest BCUT2D eigenvalue weighted by Gasteiger charge is -2.11. The quantitative estimate of drug-likeness (QED) is 0.577. The van der Waals surface area contributed by atoms with Crippen molar-refractivity contribution in [3.63, 3.8) is 0 Å². The number of hydrogen-bond donors (Lipinski definition) is 1. The lowest BCUT2D eigenvalue weighted by Crippen LogP contribution is -2.38. The molecule has 0 aliphatic carbocycles. The molecule has 1 fully saturated rings. The first-order valence-electron chi connectivity index (χ1n) is 6.83. The SMILES string of the molecule is O=C(COC(=O)c1cccnc1SC(F)F)N[C@@H]1CCS(=O)(=O)C1. The molecule has 1 atom stereocenters. The molecule has 1 saturated heterocycles. The topological polar surface area (TPSA) is 102 Å². The molecule has 0 radical (unpaired) electrons. The maximum absolute atomic E-state index is 12.4. The largest absolute Gasteiger partial charge is 0.452 e. The van der Waals surface area contributed by atoms with E-state index in [-0.39, 0.29) is 33.9 Å². The van der Waals surface area contributed by atoms with Crippen molar-refractivity contribution < 1.29 is 31.5 Å². The molecular formula is C13H14F2N2O5S2. The summed E-state index contributed by atoms with van der Waals surface area (Å²) < 4.78 is 52.2. The minimum atomic E-state index is -3.14. The molecular weight excluding hydrogens is 366 g/mol. The van der Waals surface area contributed by atoms with Crippen molar-refractivity contribution in [2.75, 3.05) is 18.1 Å². The second-order valence-corrected chi connectivity index (χ2v) is 8.19. The van der Waals surface area contributed by atoms with Gasteiger partial charge in [-0.05, 0) is 30.3 Å². The fourth-order valence-electron chi connectivity index (χ4n) is 2.11. The smallest absolute Gasteiger partial charge is 0.341 e. The summed E-state index contributed by atoms with van der Waals surface area (Å²) in [6.07, 6.45) is 1.56. The van der Waals surface area contributed by atoms with Gasteiger partial charge in [0.2, 0.25) is 0 Å². The normalized spacial score (nSPS) is 19.2. The third-order valence-electron chi connectivity index (χ3n) is 3.12. The van der Waals surface area contributed by atoms with Crippen LogP contribution in [-0.4, -0.2) is 55.2 Å². The van der Waals surface area contributed by atoms with Gasteiger partial charge in [-0.1, -0.05) is 0 Å². The molecule has 1 aliphatic rings. The van der Waals surface area contributed by atoms with Gasteiger partial charge >= 0.3 is 5.97 Å². The summed E-state index contributed by atoms with van der Waals surface area (Å²) in [5, 5.41) is 2.26. The Labute approximate surface area is 141 Å². The number of carbonyl (C=O) groups is 2. The lowest BCUT2D eigenvalue weighted by molar-refractivity contribution is -0.124. The van der Waals surface area contributed by atoms with E-state index in [2.05, 4.69) is 10.3 Å². The first-order chi connectivity index (χ1) is 11.3. The second kappa shape index (κ2) is 7.88. The van der Waals surface area contributed by atoms with Crippen molar-refractivity contribution in [1.29, 1.82) is 0 Å². The van der Waals surface area contributed by atoms with E-state index in [1.54, 1.807) is 0 Å². The number of hydrogen-bond acceptors (Lipinski definition) is 7. The molecule has 0 saturated carbocycles. The molecule has 1 aliphatic heterocycles. The van der Waals surface area contributed by atoms with Gasteiger partial charge in [0.25, 0.3) is 11.7 Å². The minimum absolute atomic E-state index is 0.00162. The Morgan fingerprint density at radius 1 is 1.46 bits per heavy atom. The molecule has 2 heterocycles. The lowest BCUT2D eigenvalue weighted by atomic mass is 10.2. The van der Waals surface area contributed by atoms with Gasteiger partial charge in [0.1, 0.15) is 5.03 Å². The summed E-state index contributed by atoms with van der Waals surface area (Å²) in [6, 6.07) is 2.14. The predicted octanol–water partition coefficient (Wildman–Crippen LogP) is 0.856. The number of esters is 1. The van der Waals surface area contributed by atoms with Gasteiger partial charge in [-0.3, -0.25) is 4.79 Å². The predicted molar refractivity (Wildman–Crippen MR) is 81.6 cm³/mol. The summed E-state index contributed by atoms with van der Waals surface area (Å²) in [7, 11) is -3.14. The number of thioether (sulfide) groups is 1. The van der Waals surface area contributed by atoms with Crippen molar-refractivity contribution >= 4 is 33.5 Å². The van der Waals surface area contributed by atoms with E-state index in [1.165, 1.54) is 18.3 Å². The molecule has 132 valence electrons. The highest BCUT2D eigenvalue weighted by molar-refractivity contribution is 7.99. The molecule has 0 unspecified atom stereocenters. The number of halogens is 2. The first kappa shape index (κ1) is 18.6. The summed E-state index contributed by atoms with van der Waals surface area (Å²) in [5.74, 6) is -4.51. The average molecular weight is 380 g/mol. The molecule has 0 spiro atoms. The van der Waals surface area contributed by atoms with Gasteiger partial charge in [0.15, 0.2) is 16.4 Å². The van der Waals surface area contributed by atoms with Crippen LogP contribution < -0.4 is 5.32 Å². The Bertz CT molecular complexity index is 727. The fourth-order valence-corrected chi connectivity index (χ4v) is 4.35. The van der Waals surface area contributed by atoms with Crippen LogP contribution in [0.15, 0.2) is 23.4 Å². The Kier molecular flexibility index (Phi) is 6.10. The van der Waals surface area contributed by atoms with Crippen LogP contribution in [0.1, 0.15) is 16.8 Å². The molecule has 1 aromatic heterocycles. The second-order valence-electron chi connectivity index (χ2n) is 4.98. The van der Waals surface area contributed by atoms with E-state index in [0.717, 1.165) is 0 Å². The van der Waals surface area contributed by atoms with Crippen LogP contribution in [0.4, 0.5) is 8.78 Å². The van der Waals surface area contributed by atoms with Crippen LogP contribution in [0, 0.1) is 0 Å². The van der Waals surface area contributed by atoms with E-state index in [9.17, 15) is 26.8 Å². The summed E-state index contributed by atoms with van der Waals surface area (Å²) >= 11 is 0.101. The van der Waals surface area contributed by atoms with Crippen LogP contribution in [-0.2, 0) is 19.4 Å². The van der Waals surface area contributed by atoms with E-state index in [1.807, 2.05) is 0 Å². The highest BCUT2D eigenvalue weighted by atomic mass is 32.2. The van der Waals surface area contributed by atoms with Crippen molar-refractivity contribution in [3.05, 3.63) is 23.9 Å². The molecule has 1 aromatic rings. The van der Waals surface area contributed by atoms with Crippen LogP contribution >= 0.6 is 11.8 Å². The van der Waals surface area contributed by atoms with Gasteiger partial charge in [-0.15, -0.1) is 0 Å². The molecule has 1 amide bonds. The van der Waals surface area contributed by atoms with E-state index in [0.29, 0.717) is 6.42 Å². The van der Waals surface area contributed by atoms with E-state index >= 15 is 0 Å². The zero-order valence-corrected chi connectivity index (χ0v) is 13.9. The van der Waals surface area contributed by atoms with Crippen LogP contribution in [0.5, 0.6) is 0 Å². The standard InChI is InChI=1S/C13H14F2N2O5S2/c14-13(15)23-11-9(2-1-4-16-11)12(19)22-6-10(18)17-8-3-5-24(20,21)7-8/h1-2,4,8,13H,3,5-7H2,(H,17,18)/t8-/m1/s1. The summed E-state index contributed by atoms with van der Waals surface area (Å²) in [5.41, 5.74) is -0.168. The molecule has 0 aromatic carbocycles. The van der Waals surface area contributed by atoms with Crippen molar-refractivity contribution in [1.82, 2.24) is 10.3 Å². The summed E-state index contributed by atoms with van der Waals surface area (Å²) in [6.45, 7) is -0.636. The molecule has 11 heteroatoms. The highest BCUT2D eigenvalue weighted by Gasteiger charge is 2.29. The van der Waals surface area contributed by atoms with Crippen LogP contribution in [0.2, 0.25) is 0 Å². The van der Waals surface area contributed by atoms with E-state index in [4.69, 9.17) is 4.74 Å². The Balaban J connectivity index is 1.88. The number of amides is 1. The zero-order valence-electron chi connectivity index (χ0n) is 12.3. The van der Waals surface area contributed by atoms with Crippen molar-refractivity contribution in [3.8, 4) is 0 Å². The van der Waals surface area contributed by atoms with E-state index < -0.39 is 40.1 Å². The third kappa shape index (κ3) is 5.41. The number of aromatic nitrogens is 1. The maximum Gasteiger partial charge on any atom is 0.341 e. The number of alkyl halides is 2. The highest BCUT2D eigenvalue weighted by Crippen LogP contribution is 2.26. The molecule has 7 nitrogen and oxygen atoms in total. The third-order valence-corrected chi connectivity index (χ3v) is 5.62. The number of sulfone groups is 1. The first-order valence-corrected chi connectivity index (χ1v) is 9.53. The number of carbonyl (C=O) groups excluding carboxylic acids is 2. The van der Waals surface area contributed by atoms with Gasteiger partial charge in [-0.2, -0.15) is 8.78 Å². The average Bonchev–Trinajstić information content (AvgIpc) is 2.83. The van der Waals surface area contributed by atoms with Crippen LogP contribution in [0.3, 0.4) is 0 Å². The molecule has 1 N–H and O–H groups in total. The number of rotatable bonds is 6. The van der Waals surface area contributed by atoms with Gasteiger partial charge < -0.3 is 10.1 Å². The maximum atomic E-state index is 12.4. The number of nitrogens with one attached hydrogen (secondary N) is 1. The van der Waals surface area contributed by atoms with Crippen LogP contribution in [0.25, 0.3) is 0 Å². The number of pyridine rings is 1. The Morgan fingerprint density at radius 3 is 2.83 bits per heavy atom. The molecule has 2 rings (SSSR count). The Morgan fingerprint density at radius 2 is 2.21 bits per heavy atom. The fraction of sp³-hybridized carbons (Fsp3) is 0.462.